The van der Waals surface area contributed by atoms with Crippen molar-refractivity contribution >= 4 is 19.0 Å². The molecule has 0 aromatic heterocycles. The molecule has 0 saturated carbocycles. The van der Waals surface area contributed by atoms with Crippen LogP contribution in [0.1, 0.15) is 61.9 Å². The van der Waals surface area contributed by atoms with E-state index in [1.54, 1.807) is 18.2 Å². The van der Waals surface area contributed by atoms with Gasteiger partial charge in [-0.05, 0) is 31.4 Å². The number of hydrogen-bond donors (Lipinski definition) is 2. The highest BCUT2D eigenvalue weighted by Crippen LogP contribution is 2.31. The molecule has 1 aromatic rings. The van der Waals surface area contributed by atoms with Crippen molar-refractivity contribution in [2.45, 2.75) is 64.2 Å². The lowest BCUT2D eigenvalue weighted by Gasteiger charge is -2.29. The minimum atomic E-state index is -2.93. The Morgan fingerprint density at radius 2 is 2.14 bits per heavy atom. The number of esters is 1. The van der Waals surface area contributed by atoms with Crippen molar-refractivity contribution in [3.8, 4) is 5.75 Å². The van der Waals surface area contributed by atoms with Crippen molar-refractivity contribution in [3.05, 3.63) is 29.3 Å². The maximum absolute atomic E-state index is 12.9. The molecule has 2 rings (SSSR count). The largest absolute Gasteiger partial charge is 0.547 e. The van der Waals surface area contributed by atoms with Crippen molar-refractivity contribution in [2.75, 3.05) is 6.61 Å². The van der Waals surface area contributed by atoms with E-state index in [1.165, 1.54) is 0 Å². The van der Waals surface area contributed by atoms with Crippen LogP contribution in [0.25, 0.3) is 0 Å². The standard InChI is InChI=1S/C19H26BF2NO5/c1-3-4-5-11-27-18(25)14-8-6-7-13-12-15(20(26)28-17(13)14)23-16(24)9-10-19(2,21)22/h6-8,15,26H,3-5,9-12H2,1-2H3,(H,23,24)/t15-/m0/s1. The minimum absolute atomic E-state index is 0.210. The zero-order valence-electron chi connectivity index (χ0n) is 16.2. The maximum Gasteiger partial charge on any atom is 0.547 e. The number of ether oxygens (including phenoxy) is 1. The number of carbonyl (C=O) groups is 2. The molecule has 0 aliphatic carbocycles. The third-order valence-corrected chi connectivity index (χ3v) is 4.46. The van der Waals surface area contributed by atoms with Crippen LogP contribution in [-0.4, -0.2) is 42.5 Å². The van der Waals surface area contributed by atoms with Gasteiger partial charge in [-0.3, -0.25) is 4.79 Å². The van der Waals surface area contributed by atoms with Crippen molar-refractivity contribution in [1.82, 2.24) is 5.32 Å². The summed E-state index contributed by atoms with van der Waals surface area (Å²) >= 11 is 0. The first-order chi connectivity index (χ1) is 13.2. The molecule has 0 radical (unpaired) electrons. The summed E-state index contributed by atoms with van der Waals surface area (Å²) in [4.78, 5) is 24.2. The summed E-state index contributed by atoms with van der Waals surface area (Å²) in [5.41, 5.74) is 0.836. The Labute approximate surface area is 163 Å². The van der Waals surface area contributed by atoms with Crippen LogP contribution in [0.2, 0.25) is 0 Å². The van der Waals surface area contributed by atoms with Crippen molar-refractivity contribution in [2.24, 2.45) is 0 Å². The number of hydrogen-bond acceptors (Lipinski definition) is 5. The Morgan fingerprint density at radius 1 is 1.39 bits per heavy atom. The van der Waals surface area contributed by atoms with Crippen LogP contribution in [0.15, 0.2) is 18.2 Å². The van der Waals surface area contributed by atoms with Gasteiger partial charge in [-0.2, -0.15) is 0 Å². The summed E-state index contributed by atoms with van der Waals surface area (Å²) in [5.74, 6) is -4.63. The number of amides is 1. The maximum atomic E-state index is 12.9. The highest BCUT2D eigenvalue weighted by Gasteiger charge is 2.38. The molecule has 1 aromatic carbocycles. The van der Waals surface area contributed by atoms with Gasteiger partial charge < -0.3 is 19.7 Å². The van der Waals surface area contributed by atoms with Crippen LogP contribution in [0.5, 0.6) is 5.75 Å². The molecule has 1 heterocycles. The molecular weight excluding hydrogens is 371 g/mol. The topological polar surface area (TPSA) is 84.9 Å². The fourth-order valence-electron chi connectivity index (χ4n) is 2.92. The van der Waals surface area contributed by atoms with Gasteiger partial charge in [0.05, 0.1) is 12.5 Å². The van der Waals surface area contributed by atoms with Crippen molar-refractivity contribution < 1.29 is 32.8 Å². The summed E-state index contributed by atoms with van der Waals surface area (Å²) in [6, 6.07) is 4.93. The van der Waals surface area contributed by atoms with Crippen LogP contribution < -0.4 is 9.97 Å². The average Bonchev–Trinajstić information content (AvgIpc) is 2.63. The summed E-state index contributed by atoms with van der Waals surface area (Å²) in [6.45, 7) is 3.10. The Hall–Kier alpha value is -2.16. The predicted molar refractivity (Wildman–Crippen MR) is 100 cm³/mol. The Bertz CT molecular complexity index is 695. The first-order valence-corrected chi connectivity index (χ1v) is 9.52. The molecule has 0 bridgehead atoms. The number of para-hydroxylation sites is 1. The van der Waals surface area contributed by atoms with Gasteiger partial charge in [0.25, 0.3) is 0 Å². The van der Waals surface area contributed by atoms with Gasteiger partial charge in [0.2, 0.25) is 11.8 Å². The first-order valence-electron chi connectivity index (χ1n) is 9.52. The molecule has 28 heavy (non-hydrogen) atoms. The Morgan fingerprint density at radius 3 is 2.82 bits per heavy atom. The minimum Gasteiger partial charge on any atom is -0.534 e. The van der Waals surface area contributed by atoms with E-state index in [9.17, 15) is 23.4 Å². The average molecular weight is 397 g/mol. The van der Waals surface area contributed by atoms with Gasteiger partial charge in [0.1, 0.15) is 11.3 Å². The summed E-state index contributed by atoms with van der Waals surface area (Å²) < 4.78 is 36.5. The fraction of sp³-hybridized carbons (Fsp3) is 0.579. The lowest BCUT2D eigenvalue weighted by atomic mass is 9.72. The van der Waals surface area contributed by atoms with Gasteiger partial charge in [-0.15, -0.1) is 0 Å². The number of carbonyl (C=O) groups excluding carboxylic acids is 2. The van der Waals surface area contributed by atoms with Crippen LogP contribution in [0, 0.1) is 0 Å². The normalized spacial score (nSPS) is 16.2. The lowest BCUT2D eigenvalue weighted by molar-refractivity contribution is -0.123. The second kappa shape index (κ2) is 9.86. The molecule has 154 valence electrons. The van der Waals surface area contributed by atoms with Crippen LogP contribution >= 0.6 is 0 Å². The molecule has 0 fully saturated rings. The van der Waals surface area contributed by atoms with Gasteiger partial charge in [-0.1, -0.05) is 31.9 Å². The lowest BCUT2D eigenvalue weighted by Crippen LogP contribution is -2.53. The van der Waals surface area contributed by atoms with E-state index in [4.69, 9.17) is 9.39 Å². The number of fused-ring (bicyclic) bond motifs is 1. The quantitative estimate of drug-likeness (QED) is 0.380. The van der Waals surface area contributed by atoms with Gasteiger partial charge in [-0.25, -0.2) is 13.6 Å². The molecule has 0 saturated heterocycles. The Balaban J connectivity index is 2.00. The monoisotopic (exact) mass is 397 g/mol. The molecule has 1 atom stereocenters. The van der Waals surface area contributed by atoms with Crippen LogP contribution in [0.3, 0.4) is 0 Å². The molecule has 6 nitrogen and oxygen atoms in total. The number of halogens is 2. The van der Waals surface area contributed by atoms with E-state index in [1.807, 2.05) is 6.92 Å². The highest BCUT2D eigenvalue weighted by molar-refractivity contribution is 6.47. The second-order valence-corrected chi connectivity index (χ2v) is 7.09. The summed E-state index contributed by atoms with van der Waals surface area (Å²) in [6.07, 6.45) is 2.02. The first kappa shape index (κ1) is 22.1. The van der Waals surface area contributed by atoms with Crippen LogP contribution in [-0.2, 0) is 16.0 Å². The fourth-order valence-corrected chi connectivity index (χ4v) is 2.92. The van der Waals surface area contributed by atoms with E-state index >= 15 is 0 Å². The predicted octanol–water partition coefficient (Wildman–Crippen LogP) is 2.91. The SMILES string of the molecule is CCCCCOC(=O)c1cccc2c1OB(O)[C@@H](NC(=O)CCC(C)(F)F)C2. The molecule has 2 N–H and O–H groups in total. The van der Waals surface area contributed by atoms with Crippen molar-refractivity contribution in [3.63, 3.8) is 0 Å². The van der Waals surface area contributed by atoms with E-state index < -0.39 is 37.3 Å². The molecule has 1 amide bonds. The number of nitrogens with one attached hydrogen (secondary N) is 1. The van der Waals surface area contributed by atoms with Gasteiger partial charge in [0, 0.05) is 12.8 Å². The van der Waals surface area contributed by atoms with Crippen molar-refractivity contribution in [1.29, 1.82) is 0 Å². The zero-order chi connectivity index (χ0) is 20.7. The third-order valence-electron chi connectivity index (χ3n) is 4.46. The number of unbranched alkanes of at least 4 members (excludes halogenated alkanes) is 2. The molecule has 1 aliphatic heterocycles. The highest BCUT2D eigenvalue weighted by atomic mass is 19.3. The van der Waals surface area contributed by atoms with Crippen LogP contribution in [0.4, 0.5) is 8.78 Å². The molecule has 0 unspecified atom stereocenters. The molecule has 9 heteroatoms. The summed E-state index contributed by atoms with van der Waals surface area (Å²) in [7, 11) is -1.40. The smallest absolute Gasteiger partial charge is 0.534 e. The van der Waals surface area contributed by atoms with E-state index in [-0.39, 0.29) is 24.2 Å². The summed E-state index contributed by atoms with van der Waals surface area (Å²) in [5, 5.41) is 12.7. The number of benzene rings is 1. The Kier molecular flexibility index (Phi) is 7.80. The number of rotatable bonds is 9. The van der Waals surface area contributed by atoms with Gasteiger partial charge >= 0.3 is 13.1 Å². The van der Waals surface area contributed by atoms with E-state index in [2.05, 4.69) is 5.32 Å². The molecule has 0 spiro atoms. The third kappa shape index (κ3) is 6.47. The van der Waals surface area contributed by atoms with Gasteiger partial charge in [0.15, 0.2) is 0 Å². The van der Waals surface area contributed by atoms with E-state index in [0.717, 1.165) is 26.2 Å². The molecular formula is C19H26BF2NO5. The number of alkyl halides is 2. The molecule has 1 aliphatic rings. The van der Waals surface area contributed by atoms with E-state index in [0.29, 0.717) is 12.2 Å². The second-order valence-electron chi connectivity index (χ2n) is 7.09. The zero-order valence-corrected chi connectivity index (χ0v) is 16.2.